The first-order valence-corrected chi connectivity index (χ1v) is 12.1. The zero-order valence-corrected chi connectivity index (χ0v) is 18.8. The van der Waals surface area contributed by atoms with Gasteiger partial charge in [-0.1, -0.05) is 17.7 Å². The highest BCUT2D eigenvalue weighted by Gasteiger charge is 2.24. The molecule has 0 radical (unpaired) electrons. The second-order valence-electron chi connectivity index (χ2n) is 7.08. The van der Waals surface area contributed by atoms with E-state index in [1.165, 1.54) is 15.6 Å². The number of rotatable bonds is 7. The third-order valence-electron chi connectivity index (χ3n) is 4.91. The summed E-state index contributed by atoms with van der Waals surface area (Å²) in [5, 5.41) is 3.65. The highest BCUT2D eigenvalue weighted by atomic mass is 32.2. The molecule has 0 unspecified atom stereocenters. The highest BCUT2D eigenvalue weighted by Crippen LogP contribution is 2.32. The fraction of sp³-hybridized carbons (Fsp3) is 0.174. The lowest BCUT2D eigenvalue weighted by Gasteiger charge is -2.23. The Balaban J connectivity index is 1.60. The maximum Gasteiger partial charge on any atom is 0.264 e. The molecule has 2 aromatic heterocycles. The topological polar surface area (TPSA) is 79.6 Å². The van der Waals surface area contributed by atoms with Crippen molar-refractivity contribution in [2.24, 2.45) is 0 Å². The zero-order valence-electron chi connectivity index (χ0n) is 17.2. The molecule has 4 rings (SSSR count). The lowest BCUT2D eigenvalue weighted by Crippen LogP contribution is -2.30. The summed E-state index contributed by atoms with van der Waals surface area (Å²) < 4.78 is 33.9. The molecule has 0 aliphatic carbocycles. The van der Waals surface area contributed by atoms with Gasteiger partial charge in [-0.2, -0.15) is 0 Å². The summed E-state index contributed by atoms with van der Waals surface area (Å²) in [6.07, 6.45) is 1.56. The number of furan rings is 1. The van der Waals surface area contributed by atoms with E-state index in [1.54, 1.807) is 61.7 Å². The lowest BCUT2D eigenvalue weighted by molar-refractivity contribution is 0.0952. The van der Waals surface area contributed by atoms with Crippen LogP contribution in [0.4, 0.5) is 5.69 Å². The first-order valence-electron chi connectivity index (χ1n) is 9.82. The number of nitrogens with zero attached hydrogens (tertiary/aromatic N) is 1. The molecule has 0 atom stereocenters. The van der Waals surface area contributed by atoms with E-state index in [2.05, 4.69) is 5.32 Å². The molecule has 0 fully saturated rings. The van der Waals surface area contributed by atoms with Crippen LogP contribution in [0.3, 0.4) is 0 Å². The van der Waals surface area contributed by atoms with E-state index in [0.717, 1.165) is 15.6 Å². The van der Waals surface area contributed by atoms with Gasteiger partial charge in [0, 0.05) is 11.2 Å². The zero-order chi connectivity index (χ0) is 22.0. The molecule has 160 valence electrons. The van der Waals surface area contributed by atoms with E-state index in [1.807, 2.05) is 19.1 Å². The van der Waals surface area contributed by atoms with Crippen LogP contribution in [0, 0.1) is 6.92 Å². The van der Waals surface area contributed by atoms with Gasteiger partial charge in [-0.3, -0.25) is 9.10 Å². The molecule has 1 N–H and O–H groups in total. The van der Waals surface area contributed by atoms with E-state index >= 15 is 0 Å². The molecule has 0 saturated heterocycles. The van der Waals surface area contributed by atoms with Crippen LogP contribution in [0.1, 0.15) is 27.9 Å². The normalized spacial score (nSPS) is 11.5. The molecular weight excluding hydrogens is 432 g/mol. The molecule has 0 saturated carbocycles. The number of anilines is 1. The van der Waals surface area contributed by atoms with Crippen molar-refractivity contribution in [3.05, 3.63) is 83.1 Å². The van der Waals surface area contributed by atoms with Crippen molar-refractivity contribution in [2.75, 3.05) is 10.8 Å². The molecule has 8 heteroatoms. The van der Waals surface area contributed by atoms with Crippen molar-refractivity contribution < 1.29 is 17.6 Å². The summed E-state index contributed by atoms with van der Waals surface area (Å²) in [6, 6.07) is 17.6. The Hall–Kier alpha value is -3.10. The van der Waals surface area contributed by atoms with Crippen molar-refractivity contribution >= 4 is 43.0 Å². The van der Waals surface area contributed by atoms with Crippen LogP contribution in [0.25, 0.3) is 10.1 Å². The predicted molar refractivity (Wildman–Crippen MR) is 123 cm³/mol. The van der Waals surface area contributed by atoms with Gasteiger partial charge in [0.25, 0.3) is 15.9 Å². The minimum atomic E-state index is -3.69. The number of sulfonamides is 1. The van der Waals surface area contributed by atoms with E-state index in [4.69, 9.17) is 4.42 Å². The Kier molecular flexibility index (Phi) is 5.84. The van der Waals surface area contributed by atoms with Crippen molar-refractivity contribution in [3.8, 4) is 0 Å². The summed E-state index contributed by atoms with van der Waals surface area (Å²) in [7, 11) is -3.69. The smallest absolute Gasteiger partial charge is 0.264 e. The molecule has 2 heterocycles. The second-order valence-corrected chi connectivity index (χ2v) is 10.0. The number of carbonyl (C=O) groups is 1. The Morgan fingerprint density at radius 1 is 1.10 bits per heavy atom. The summed E-state index contributed by atoms with van der Waals surface area (Å²) in [5.41, 5.74) is 1.57. The minimum Gasteiger partial charge on any atom is -0.467 e. The molecule has 0 spiro atoms. The molecule has 0 bridgehead atoms. The van der Waals surface area contributed by atoms with Gasteiger partial charge < -0.3 is 9.73 Å². The fourth-order valence-corrected chi connectivity index (χ4v) is 5.72. The van der Waals surface area contributed by atoms with Crippen LogP contribution in [-0.2, 0) is 16.6 Å². The van der Waals surface area contributed by atoms with Crippen molar-refractivity contribution in [3.63, 3.8) is 0 Å². The molecule has 4 aromatic rings. The van der Waals surface area contributed by atoms with E-state index in [-0.39, 0.29) is 10.8 Å². The average molecular weight is 455 g/mol. The molecule has 6 nitrogen and oxygen atoms in total. The monoisotopic (exact) mass is 454 g/mol. The van der Waals surface area contributed by atoms with Crippen LogP contribution in [0.5, 0.6) is 0 Å². The highest BCUT2D eigenvalue weighted by molar-refractivity contribution is 7.92. The van der Waals surface area contributed by atoms with Gasteiger partial charge in [-0.05, 0) is 67.8 Å². The van der Waals surface area contributed by atoms with Crippen LogP contribution in [0.2, 0.25) is 0 Å². The van der Waals surface area contributed by atoms with E-state index < -0.39 is 10.0 Å². The Morgan fingerprint density at radius 3 is 2.55 bits per heavy atom. The summed E-state index contributed by atoms with van der Waals surface area (Å²) >= 11 is 1.37. The quantitative estimate of drug-likeness (QED) is 0.429. The maximum atomic E-state index is 13.2. The Bertz CT molecular complexity index is 1310. The van der Waals surface area contributed by atoms with Gasteiger partial charge in [0.2, 0.25) is 0 Å². The Morgan fingerprint density at radius 2 is 1.87 bits per heavy atom. The third kappa shape index (κ3) is 4.35. The summed E-state index contributed by atoms with van der Waals surface area (Å²) in [4.78, 5) is 13.3. The number of nitrogens with one attached hydrogen (secondary N) is 1. The molecule has 1 amide bonds. The lowest BCUT2D eigenvalue weighted by atomic mass is 10.2. The number of hydrogen-bond donors (Lipinski definition) is 1. The number of carbonyl (C=O) groups excluding carboxylic acids is 1. The number of benzene rings is 2. The van der Waals surface area contributed by atoms with E-state index in [0.29, 0.717) is 29.4 Å². The van der Waals surface area contributed by atoms with Crippen molar-refractivity contribution in [1.82, 2.24) is 5.32 Å². The maximum absolute atomic E-state index is 13.2. The summed E-state index contributed by atoms with van der Waals surface area (Å²) in [5.74, 6) is 0.482. The van der Waals surface area contributed by atoms with Crippen LogP contribution >= 0.6 is 11.3 Å². The second kappa shape index (κ2) is 8.56. The van der Waals surface area contributed by atoms with Gasteiger partial charge in [0.1, 0.15) is 5.76 Å². The number of hydrogen-bond acceptors (Lipinski definition) is 5. The van der Waals surface area contributed by atoms with Crippen molar-refractivity contribution in [2.45, 2.75) is 25.3 Å². The number of amides is 1. The predicted octanol–water partition coefficient (Wildman–Crippen LogP) is 4.95. The average Bonchev–Trinajstić information content (AvgIpc) is 3.42. The largest absolute Gasteiger partial charge is 0.467 e. The van der Waals surface area contributed by atoms with Gasteiger partial charge in [0.05, 0.1) is 28.3 Å². The number of fused-ring (bicyclic) bond motifs is 1. The minimum absolute atomic E-state index is 0.196. The molecular formula is C23H22N2O4S2. The standard InChI is InChI=1S/C23H22N2O4S2/c1-3-25(31(27,28)20-9-6-16(2)7-10-20)18-8-11-21-17(13-18)14-22(30-21)23(26)24-15-19-5-4-12-29-19/h4-14H,3,15H2,1-2H3,(H,24,26). The van der Waals surface area contributed by atoms with Crippen LogP contribution < -0.4 is 9.62 Å². The van der Waals surface area contributed by atoms with Gasteiger partial charge in [0.15, 0.2) is 0 Å². The molecule has 31 heavy (non-hydrogen) atoms. The molecule has 0 aliphatic rings. The fourth-order valence-electron chi connectivity index (χ4n) is 3.29. The number of thiophene rings is 1. The first kappa shape index (κ1) is 21.1. The van der Waals surface area contributed by atoms with Crippen LogP contribution in [0.15, 0.2) is 76.2 Å². The van der Waals surface area contributed by atoms with Crippen molar-refractivity contribution in [1.29, 1.82) is 0 Å². The van der Waals surface area contributed by atoms with E-state index in [9.17, 15) is 13.2 Å². The van der Waals surface area contributed by atoms with Crippen LogP contribution in [-0.4, -0.2) is 20.9 Å². The summed E-state index contributed by atoms with van der Waals surface area (Å²) in [6.45, 7) is 4.32. The van der Waals surface area contributed by atoms with Gasteiger partial charge >= 0.3 is 0 Å². The Labute approximate surface area is 185 Å². The van der Waals surface area contributed by atoms with Gasteiger partial charge in [-0.15, -0.1) is 11.3 Å². The number of aryl methyl sites for hydroxylation is 1. The SMILES string of the molecule is CCN(c1ccc2sc(C(=O)NCc3ccco3)cc2c1)S(=O)(=O)c1ccc(C)cc1. The first-order chi connectivity index (χ1) is 14.9. The molecule has 2 aromatic carbocycles. The van der Waals surface area contributed by atoms with Gasteiger partial charge in [-0.25, -0.2) is 8.42 Å². The third-order valence-corrected chi connectivity index (χ3v) is 7.94. The molecule has 0 aliphatic heterocycles.